The molecule has 0 radical (unpaired) electrons. The van der Waals surface area contributed by atoms with Crippen LogP contribution in [0.5, 0.6) is 0 Å². The summed E-state index contributed by atoms with van der Waals surface area (Å²) >= 11 is 1.79. The number of thiophene rings is 1. The summed E-state index contributed by atoms with van der Waals surface area (Å²) in [5.41, 5.74) is 7.54. The van der Waals surface area contributed by atoms with Gasteiger partial charge in [-0.25, -0.2) is 15.0 Å². The van der Waals surface area contributed by atoms with Gasteiger partial charge in [-0.15, -0.1) is 11.3 Å². The summed E-state index contributed by atoms with van der Waals surface area (Å²) in [6.45, 7) is 0. The lowest BCUT2D eigenvalue weighted by Gasteiger charge is -2.12. The topological polar surface area (TPSA) is 38.7 Å². The van der Waals surface area contributed by atoms with Crippen molar-refractivity contribution in [3.63, 3.8) is 0 Å². The third-order valence-electron chi connectivity index (χ3n) is 9.73. The van der Waals surface area contributed by atoms with E-state index in [1.165, 1.54) is 47.3 Å². The van der Waals surface area contributed by atoms with Crippen LogP contribution < -0.4 is 0 Å². The lowest BCUT2D eigenvalue weighted by Crippen LogP contribution is -2.00. The summed E-state index contributed by atoms with van der Waals surface area (Å²) in [5.74, 6) is 1.96. The molecule has 4 heteroatoms. The second-order valence-electron chi connectivity index (χ2n) is 12.8. The van der Waals surface area contributed by atoms with Gasteiger partial charge in [0, 0.05) is 36.9 Å². The average molecular weight is 668 g/mol. The van der Waals surface area contributed by atoms with Gasteiger partial charge >= 0.3 is 0 Å². The number of nitrogens with zero attached hydrogens (tertiary/aromatic N) is 3. The first-order valence-corrected chi connectivity index (χ1v) is 17.9. The quantitative estimate of drug-likeness (QED) is 0.171. The van der Waals surface area contributed by atoms with Crippen LogP contribution in [0.3, 0.4) is 0 Å². The highest BCUT2D eigenvalue weighted by Crippen LogP contribution is 2.40. The molecule has 0 amide bonds. The van der Waals surface area contributed by atoms with E-state index < -0.39 is 0 Å². The molecule has 0 saturated carbocycles. The van der Waals surface area contributed by atoms with Crippen LogP contribution in [0.2, 0.25) is 0 Å². The van der Waals surface area contributed by atoms with Crippen LogP contribution in [-0.4, -0.2) is 15.0 Å². The molecular formula is C47H29N3S. The van der Waals surface area contributed by atoms with Gasteiger partial charge in [0.05, 0.1) is 0 Å². The molecular weight excluding hydrogens is 639 g/mol. The van der Waals surface area contributed by atoms with Crippen molar-refractivity contribution in [3.05, 3.63) is 176 Å². The van der Waals surface area contributed by atoms with E-state index >= 15 is 0 Å². The molecule has 0 N–H and O–H groups in total. The minimum atomic E-state index is 0.646. The Balaban J connectivity index is 1.14. The standard InChI is InChI=1S/C47H29N3S/c1-2-12-30(13-3-1)33-15-10-16-35(28-33)46-48-45(49-47(50-46)41-22-11-21-40-39-20-8-9-23-43(39)51-44(40)41)32-26-24-31(25-27-32)42-29-34-14-4-5-17-36(34)37-18-6-7-19-38(37)42/h1-29H. The van der Waals surface area contributed by atoms with E-state index in [1.807, 2.05) is 6.07 Å². The maximum absolute atomic E-state index is 5.18. The SMILES string of the molecule is c1ccc(-c2cccc(-c3nc(-c4ccc(-c5cc6ccccc6c6ccccc56)cc4)nc(-c4cccc5c4sc4ccccc45)n3)c2)cc1. The lowest BCUT2D eigenvalue weighted by atomic mass is 9.93. The summed E-state index contributed by atoms with van der Waals surface area (Å²) in [5, 5.41) is 7.47. The predicted octanol–water partition coefficient (Wildman–Crippen LogP) is 12.9. The summed E-state index contributed by atoms with van der Waals surface area (Å²) in [7, 11) is 0. The van der Waals surface area contributed by atoms with Crippen LogP contribution in [-0.2, 0) is 0 Å². The fourth-order valence-corrected chi connectivity index (χ4v) is 8.45. The second-order valence-corrected chi connectivity index (χ2v) is 13.9. The van der Waals surface area contributed by atoms with Gasteiger partial charge in [-0.2, -0.15) is 0 Å². The minimum Gasteiger partial charge on any atom is -0.208 e. The second kappa shape index (κ2) is 12.1. The Morgan fingerprint density at radius 1 is 0.314 bits per heavy atom. The van der Waals surface area contributed by atoms with Crippen LogP contribution in [0.1, 0.15) is 0 Å². The first-order chi connectivity index (χ1) is 25.3. The van der Waals surface area contributed by atoms with Gasteiger partial charge < -0.3 is 0 Å². The van der Waals surface area contributed by atoms with Crippen molar-refractivity contribution < 1.29 is 0 Å². The van der Waals surface area contributed by atoms with Crippen molar-refractivity contribution >= 4 is 53.1 Å². The molecule has 51 heavy (non-hydrogen) atoms. The number of aromatic nitrogens is 3. The zero-order valence-electron chi connectivity index (χ0n) is 27.5. The monoisotopic (exact) mass is 667 g/mol. The summed E-state index contributed by atoms with van der Waals surface area (Å²) < 4.78 is 2.43. The molecule has 2 aromatic heterocycles. The van der Waals surface area contributed by atoms with Crippen LogP contribution >= 0.6 is 11.3 Å². The van der Waals surface area contributed by atoms with Crippen molar-refractivity contribution in [2.75, 3.05) is 0 Å². The van der Waals surface area contributed by atoms with E-state index in [9.17, 15) is 0 Å². The Morgan fingerprint density at radius 2 is 0.902 bits per heavy atom. The first-order valence-electron chi connectivity index (χ1n) is 17.1. The highest BCUT2D eigenvalue weighted by Gasteiger charge is 2.17. The molecule has 10 rings (SSSR count). The van der Waals surface area contributed by atoms with Crippen LogP contribution in [0, 0.1) is 0 Å². The highest BCUT2D eigenvalue weighted by atomic mass is 32.1. The Labute approximate surface area is 299 Å². The van der Waals surface area contributed by atoms with Gasteiger partial charge in [-0.1, -0.05) is 152 Å². The molecule has 238 valence electrons. The number of fused-ring (bicyclic) bond motifs is 6. The van der Waals surface area contributed by atoms with Gasteiger partial charge in [0.15, 0.2) is 17.5 Å². The average Bonchev–Trinajstić information content (AvgIpc) is 3.60. The molecule has 10 aromatic rings. The van der Waals surface area contributed by atoms with E-state index in [2.05, 4.69) is 170 Å². The van der Waals surface area contributed by atoms with Gasteiger partial charge in [0.2, 0.25) is 0 Å². The zero-order chi connectivity index (χ0) is 33.7. The first kappa shape index (κ1) is 29.4. The normalized spacial score (nSPS) is 11.5. The molecule has 0 aliphatic rings. The molecule has 0 bridgehead atoms. The van der Waals surface area contributed by atoms with E-state index in [1.54, 1.807) is 11.3 Å². The molecule has 0 saturated heterocycles. The van der Waals surface area contributed by atoms with Crippen LogP contribution in [0.4, 0.5) is 0 Å². The largest absolute Gasteiger partial charge is 0.208 e. The number of rotatable bonds is 5. The van der Waals surface area contributed by atoms with Gasteiger partial charge in [-0.3, -0.25) is 0 Å². The number of hydrogen-bond donors (Lipinski definition) is 0. The van der Waals surface area contributed by atoms with E-state index in [0.717, 1.165) is 33.4 Å². The lowest BCUT2D eigenvalue weighted by molar-refractivity contribution is 1.08. The Kier molecular flexibility index (Phi) is 7.00. The number of benzene rings is 8. The molecule has 0 aliphatic heterocycles. The van der Waals surface area contributed by atoms with Crippen molar-refractivity contribution in [1.82, 2.24) is 15.0 Å². The molecule has 0 aliphatic carbocycles. The molecule has 0 unspecified atom stereocenters. The maximum atomic E-state index is 5.18. The van der Waals surface area contributed by atoms with Crippen molar-refractivity contribution in [2.24, 2.45) is 0 Å². The maximum Gasteiger partial charge on any atom is 0.165 e. The minimum absolute atomic E-state index is 0.646. The molecule has 8 aromatic carbocycles. The molecule has 3 nitrogen and oxygen atoms in total. The van der Waals surface area contributed by atoms with Crippen molar-refractivity contribution in [1.29, 1.82) is 0 Å². The van der Waals surface area contributed by atoms with E-state index in [4.69, 9.17) is 15.0 Å². The van der Waals surface area contributed by atoms with Crippen molar-refractivity contribution in [3.8, 4) is 56.4 Å². The van der Waals surface area contributed by atoms with E-state index in [-0.39, 0.29) is 0 Å². The van der Waals surface area contributed by atoms with Gasteiger partial charge in [-0.05, 0) is 68.1 Å². The van der Waals surface area contributed by atoms with Gasteiger partial charge in [0.25, 0.3) is 0 Å². The molecule has 2 heterocycles. The van der Waals surface area contributed by atoms with Gasteiger partial charge in [0.1, 0.15) is 0 Å². The Bertz CT molecular complexity index is 2910. The summed E-state index contributed by atoms with van der Waals surface area (Å²) in [6.07, 6.45) is 0. The fourth-order valence-electron chi connectivity index (χ4n) is 7.24. The van der Waals surface area contributed by atoms with E-state index in [0.29, 0.717) is 17.5 Å². The predicted molar refractivity (Wildman–Crippen MR) is 215 cm³/mol. The smallest absolute Gasteiger partial charge is 0.165 e. The zero-order valence-corrected chi connectivity index (χ0v) is 28.3. The highest BCUT2D eigenvalue weighted by molar-refractivity contribution is 7.26. The Morgan fingerprint density at radius 3 is 1.75 bits per heavy atom. The molecule has 0 atom stereocenters. The number of hydrogen-bond acceptors (Lipinski definition) is 4. The van der Waals surface area contributed by atoms with Crippen molar-refractivity contribution in [2.45, 2.75) is 0 Å². The molecule has 0 fully saturated rings. The van der Waals surface area contributed by atoms with Crippen LogP contribution in [0.15, 0.2) is 176 Å². The Hall–Kier alpha value is -6.49. The third-order valence-corrected chi connectivity index (χ3v) is 11.0. The third kappa shape index (κ3) is 5.16. The summed E-state index contributed by atoms with van der Waals surface area (Å²) in [6, 6.07) is 62.2. The van der Waals surface area contributed by atoms with Crippen LogP contribution in [0.25, 0.3) is 98.1 Å². The molecule has 0 spiro atoms. The summed E-state index contributed by atoms with van der Waals surface area (Å²) in [4.78, 5) is 15.5. The fraction of sp³-hybridized carbons (Fsp3) is 0.